The van der Waals surface area contributed by atoms with Gasteiger partial charge in [0.1, 0.15) is 12.7 Å². The van der Waals surface area contributed by atoms with Crippen LogP contribution in [0.2, 0.25) is 0 Å². The van der Waals surface area contributed by atoms with Crippen LogP contribution in [0.25, 0.3) is 0 Å². The van der Waals surface area contributed by atoms with E-state index in [0.29, 0.717) is 13.0 Å². The largest absolute Gasteiger partial charge is 0.463 e. The van der Waals surface area contributed by atoms with Crippen LogP contribution < -0.4 is 5.32 Å². The summed E-state index contributed by atoms with van der Waals surface area (Å²) < 4.78 is 4.90. The van der Waals surface area contributed by atoms with Gasteiger partial charge in [0, 0.05) is 18.7 Å². The summed E-state index contributed by atoms with van der Waals surface area (Å²) in [5, 5.41) is 12.6. The molecule has 1 aromatic rings. The minimum absolute atomic E-state index is 0.0403. The first-order valence-corrected chi connectivity index (χ1v) is 5.85. The number of aliphatic hydroxyl groups is 1. The van der Waals surface area contributed by atoms with Gasteiger partial charge in [-0.1, -0.05) is 25.1 Å². The van der Waals surface area contributed by atoms with E-state index in [-0.39, 0.29) is 12.6 Å². The molecule has 1 rings (SSSR count). The van der Waals surface area contributed by atoms with Gasteiger partial charge in [0.05, 0.1) is 0 Å². The lowest BCUT2D eigenvalue weighted by Gasteiger charge is -2.13. The number of rotatable bonds is 7. The van der Waals surface area contributed by atoms with Crippen LogP contribution in [0, 0.1) is 0 Å². The Hall–Kier alpha value is -1.55. The molecule has 1 atom stereocenters. The summed E-state index contributed by atoms with van der Waals surface area (Å²) in [7, 11) is 0. The highest BCUT2D eigenvalue weighted by Gasteiger charge is 2.07. The molecule has 4 nitrogen and oxygen atoms in total. The van der Waals surface area contributed by atoms with E-state index in [9.17, 15) is 9.90 Å². The van der Waals surface area contributed by atoms with E-state index >= 15 is 0 Å². The maximum Gasteiger partial charge on any atom is 0.305 e. The van der Waals surface area contributed by atoms with Gasteiger partial charge in [-0.15, -0.1) is 0 Å². The molecule has 0 amide bonds. The lowest BCUT2D eigenvalue weighted by molar-refractivity contribution is -0.146. The third-order valence-electron chi connectivity index (χ3n) is 2.21. The molecule has 0 saturated heterocycles. The van der Waals surface area contributed by atoms with Crippen molar-refractivity contribution in [3.05, 3.63) is 30.3 Å². The van der Waals surface area contributed by atoms with Crippen molar-refractivity contribution in [2.45, 2.75) is 25.9 Å². The van der Waals surface area contributed by atoms with E-state index in [1.807, 2.05) is 37.3 Å². The van der Waals surface area contributed by atoms with E-state index < -0.39 is 6.10 Å². The van der Waals surface area contributed by atoms with Crippen LogP contribution in [0.4, 0.5) is 5.69 Å². The highest BCUT2D eigenvalue weighted by molar-refractivity contribution is 5.69. The van der Waals surface area contributed by atoms with Crippen molar-refractivity contribution < 1.29 is 14.6 Å². The van der Waals surface area contributed by atoms with Gasteiger partial charge in [-0.25, -0.2) is 0 Å². The van der Waals surface area contributed by atoms with Crippen LogP contribution in [0.3, 0.4) is 0 Å². The predicted octanol–water partition coefficient (Wildman–Crippen LogP) is 1.80. The average molecular weight is 237 g/mol. The third-order valence-corrected chi connectivity index (χ3v) is 2.21. The Morgan fingerprint density at radius 3 is 2.76 bits per heavy atom. The van der Waals surface area contributed by atoms with Crippen LogP contribution in [0.1, 0.15) is 19.8 Å². The van der Waals surface area contributed by atoms with Gasteiger partial charge in [0.2, 0.25) is 0 Å². The zero-order valence-electron chi connectivity index (χ0n) is 10.1. The summed E-state index contributed by atoms with van der Waals surface area (Å²) in [5.41, 5.74) is 0.937. The number of ether oxygens (including phenoxy) is 1. The number of para-hydroxylation sites is 1. The quantitative estimate of drug-likeness (QED) is 0.710. The van der Waals surface area contributed by atoms with Gasteiger partial charge < -0.3 is 15.2 Å². The number of benzene rings is 1. The van der Waals surface area contributed by atoms with Crippen molar-refractivity contribution in [3.8, 4) is 0 Å². The van der Waals surface area contributed by atoms with Crippen LogP contribution in [0.15, 0.2) is 30.3 Å². The lowest BCUT2D eigenvalue weighted by atomic mass is 10.3. The van der Waals surface area contributed by atoms with Crippen LogP contribution in [-0.2, 0) is 9.53 Å². The second-order valence-corrected chi connectivity index (χ2v) is 3.83. The molecule has 0 aliphatic rings. The summed E-state index contributed by atoms with van der Waals surface area (Å²) in [5.74, 6) is -0.258. The Morgan fingerprint density at radius 1 is 1.41 bits per heavy atom. The number of aliphatic hydroxyl groups excluding tert-OH is 1. The third kappa shape index (κ3) is 5.92. The predicted molar refractivity (Wildman–Crippen MR) is 66.8 cm³/mol. The zero-order chi connectivity index (χ0) is 12.5. The van der Waals surface area contributed by atoms with E-state index in [1.54, 1.807) is 0 Å². The standard InChI is InChI=1S/C13H19NO3/c1-2-6-13(16)17-10-12(15)9-14-11-7-4-3-5-8-11/h3-5,7-8,12,14-15H,2,6,9-10H2,1H3/t12-/m0/s1. The second-order valence-electron chi connectivity index (χ2n) is 3.83. The Labute approximate surface area is 102 Å². The van der Waals surface area contributed by atoms with Gasteiger partial charge in [-0.2, -0.15) is 0 Å². The smallest absolute Gasteiger partial charge is 0.305 e. The number of nitrogens with one attached hydrogen (secondary N) is 1. The van der Waals surface area contributed by atoms with Gasteiger partial charge in [-0.05, 0) is 18.6 Å². The fourth-order valence-corrected chi connectivity index (χ4v) is 1.32. The van der Waals surface area contributed by atoms with Crippen LogP contribution >= 0.6 is 0 Å². The molecule has 0 radical (unpaired) electrons. The molecular weight excluding hydrogens is 218 g/mol. The molecule has 0 aromatic heterocycles. The molecule has 17 heavy (non-hydrogen) atoms. The molecule has 94 valence electrons. The fourth-order valence-electron chi connectivity index (χ4n) is 1.32. The maximum atomic E-state index is 11.1. The average Bonchev–Trinajstić information content (AvgIpc) is 2.35. The lowest BCUT2D eigenvalue weighted by Crippen LogP contribution is -2.26. The van der Waals surface area contributed by atoms with Crippen molar-refractivity contribution in [3.63, 3.8) is 0 Å². The van der Waals surface area contributed by atoms with Gasteiger partial charge in [-0.3, -0.25) is 4.79 Å². The summed E-state index contributed by atoms with van der Waals surface area (Å²) in [6, 6.07) is 9.58. The fraction of sp³-hybridized carbons (Fsp3) is 0.462. The SMILES string of the molecule is CCCC(=O)OC[C@@H](O)CNc1ccccc1. The van der Waals surface area contributed by atoms with Crippen molar-refractivity contribution in [2.24, 2.45) is 0 Å². The van der Waals surface area contributed by atoms with Crippen molar-refractivity contribution in [1.29, 1.82) is 0 Å². The van der Waals surface area contributed by atoms with Crippen molar-refractivity contribution >= 4 is 11.7 Å². The maximum absolute atomic E-state index is 11.1. The molecule has 4 heteroatoms. The first kappa shape index (κ1) is 13.5. The molecule has 2 N–H and O–H groups in total. The number of hydrogen-bond donors (Lipinski definition) is 2. The molecule has 0 fully saturated rings. The van der Waals surface area contributed by atoms with Crippen molar-refractivity contribution in [1.82, 2.24) is 0 Å². The van der Waals surface area contributed by atoms with Gasteiger partial charge in [0.15, 0.2) is 0 Å². The number of anilines is 1. The Kier molecular flexibility index (Phi) is 6.10. The topological polar surface area (TPSA) is 58.6 Å². The Morgan fingerprint density at radius 2 is 2.12 bits per heavy atom. The summed E-state index contributed by atoms with van der Waals surface area (Å²) in [6.07, 6.45) is 0.478. The molecule has 0 spiro atoms. The summed E-state index contributed by atoms with van der Waals surface area (Å²) in [4.78, 5) is 11.1. The van der Waals surface area contributed by atoms with E-state index in [4.69, 9.17) is 4.74 Å². The number of esters is 1. The molecule has 0 heterocycles. The number of hydrogen-bond acceptors (Lipinski definition) is 4. The first-order valence-electron chi connectivity index (χ1n) is 5.85. The monoisotopic (exact) mass is 237 g/mol. The van der Waals surface area contributed by atoms with Crippen molar-refractivity contribution in [2.75, 3.05) is 18.5 Å². The summed E-state index contributed by atoms with van der Waals surface area (Å²) >= 11 is 0. The minimum atomic E-state index is -0.684. The summed E-state index contributed by atoms with van der Waals surface area (Å²) in [6.45, 7) is 2.32. The first-order chi connectivity index (χ1) is 8.22. The molecule has 0 unspecified atom stereocenters. The van der Waals surface area contributed by atoms with E-state index in [0.717, 1.165) is 12.1 Å². The van der Waals surface area contributed by atoms with Gasteiger partial charge >= 0.3 is 5.97 Å². The van der Waals surface area contributed by atoms with E-state index in [2.05, 4.69) is 5.32 Å². The Bertz CT molecular complexity index is 327. The second kappa shape index (κ2) is 7.68. The molecule has 0 bridgehead atoms. The van der Waals surface area contributed by atoms with E-state index in [1.165, 1.54) is 0 Å². The molecule has 0 aliphatic carbocycles. The number of carbonyl (C=O) groups is 1. The Balaban J connectivity index is 2.17. The van der Waals surface area contributed by atoms with Crippen LogP contribution in [-0.4, -0.2) is 30.3 Å². The zero-order valence-corrected chi connectivity index (χ0v) is 10.1. The number of carbonyl (C=O) groups excluding carboxylic acids is 1. The normalized spacial score (nSPS) is 11.9. The van der Waals surface area contributed by atoms with Gasteiger partial charge in [0.25, 0.3) is 0 Å². The molecule has 0 saturated carbocycles. The molecular formula is C13H19NO3. The molecule has 0 aliphatic heterocycles. The molecule has 1 aromatic carbocycles. The van der Waals surface area contributed by atoms with Crippen LogP contribution in [0.5, 0.6) is 0 Å². The highest BCUT2D eigenvalue weighted by atomic mass is 16.5. The highest BCUT2D eigenvalue weighted by Crippen LogP contribution is 2.04. The minimum Gasteiger partial charge on any atom is -0.463 e.